The number of benzene rings is 2. The van der Waals surface area contributed by atoms with Crippen molar-refractivity contribution in [2.75, 3.05) is 26.5 Å². The minimum absolute atomic E-state index is 0.360. The number of carbonyl (C=O) groups is 3. The van der Waals surface area contributed by atoms with Crippen molar-refractivity contribution in [2.45, 2.75) is 71.4 Å². The number of piperidine rings is 1. The molecule has 2 aromatic carbocycles. The highest BCUT2D eigenvalue weighted by Gasteiger charge is 2.41. The predicted octanol–water partition coefficient (Wildman–Crippen LogP) is 4.89. The summed E-state index contributed by atoms with van der Waals surface area (Å²) in [5, 5.41) is 0. The van der Waals surface area contributed by atoms with Gasteiger partial charge < -0.3 is 24.8 Å². The van der Waals surface area contributed by atoms with Crippen LogP contribution in [0.25, 0.3) is 0 Å². The highest BCUT2D eigenvalue weighted by molar-refractivity contribution is 6.38. The van der Waals surface area contributed by atoms with Crippen LogP contribution in [0.15, 0.2) is 42.5 Å². The number of rotatable bonds is 11. The number of amides is 1. The molecule has 0 aliphatic carbocycles. The number of aryl methyl sites for hydroxylation is 1. The summed E-state index contributed by atoms with van der Waals surface area (Å²) >= 11 is 0. The van der Waals surface area contributed by atoms with E-state index in [0.29, 0.717) is 49.4 Å². The second-order valence-electron chi connectivity index (χ2n) is 10.4. The van der Waals surface area contributed by atoms with Gasteiger partial charge in [-0.3, -0.25) is 9.59 Å². The first kappa shape index (κ1) is 29.0. The van der Waals surface area contributed by atoms with E-state index in [2.05, 4.69) is 0 Å². The lowest BCUT2D eigenvalue weighted by Gasteiger charge is -2.36. The number of nitrogens with zero attached hydrogens (tertiary/aromatic N) is 1. The highest BCUT2D eigenvalue weighted by Crippen LogP contribution is 2.32. The second kappa shape index (κ2) is 12.8. The van der Waals surface area contributed by atoms with Gasteiger partial charge in [0.15, 0.2) is 11.5 Å². The van der Waals surface area contributed by atoms with Crippen LogP contribution in [0.2, 0.25) is 0 Å². The van der Waals surface area contributed by atoms with Crippen LogP contribution in [-0.2, 0) is 25.5 Å². The number of ketones is 1. The van der Waals surface area contributed by atoms with E-state index >= 15 is 0 Å². The van der Waals surface area contributed by atoms with Crippen LogP contribution in [0, 0.1) is 5.41 Å². The van der Waals surface area contributed by atoms with E-state index in [1.165, 1.54) is 4.90 Å². The molecule has 1 heterocycles. The summed E-state index contributed by atoms with van der Waals surface area (Å²) in [6.45, 7) is 5.75. The summed E-state index contributed by atoms with van der Waals surface area (Å²) in [5.41, 5.74) is 7.58. The van der Waals surface area contributed by atoms with Crippen LogP contribution in [0.5, 0.6) is 11.5 Å². The third-order valence-corrected chi connectivity index (χ3v) is 7.41. The molecule has 0 unspecified atom stereocenters. The summed E-state index contributed by atoms with van der Waals surface area (Å²) in [6, 6.07) is 12.2. The smallest absolute Gasteiger partial charge is 0.329 e. The van der Waals surface area contributed by atoms with Crippen molar-refractivity contribution in [2.24, 2.45) is 5.41 Å². The minimum Gasteiger partial charge on any atom is -0.493 e. The van der Waals surface area contributed by atoms with Crippen LogP contribution in [-0.4, -0.2) is 49.4 Å². The summed E-state index contributed by atoms with van der Waals surface area (Å²) in [7, 11) is 3.17. The average molecular weight is 525 g/mol. The lowest BCUT2D eigenvalue weighted by Crippen LogP contribution is -2.53. The Hall–Kier alpha value is -3.55. The zero-order valence-electron chi connectivity index (χ0n) is 23.1. The quantitative estimate of drug-likeness (QED) is 0.253. The van der Waals surface area contributed by atoms with Gasteiger partial charge in [0.1, 0.15) is 12.1 Å². The molecule has 3 rings (SSSR count). The fourth-order valence-corrected chi connectivity index (χ4v) is 4.61. The van der Waals surface area contributed by atoms with Gasteiger partial charge in [-0.15, -0.1) is 0 Å². The molecule has 0 bridgehead atoms. The Labute approximate surface area is 225 Å². The molecular weight excluding hydrogens is 484 g/mol. The number of nitrogens with two attached hydrogens (primary N) is 1. The zero-order chi connectivity index (χ0) is 27.9. The van der Waals surface area contributed by atoms with E-state index in [1.807, 2.05) is 37.3 Å². The van der Waals surface area contributed by atoms with E-state index in [1.54, 1.807) is 40.2 Å². The van der Waals surface area contributed by atoms with E-state index in [0.717, 1.165) is 24.0 Å². The molecule has 2 atom stereocenters. The highest BCUT2D eigenvalue weighted by atomic mass is 16.5. The number of hydrogen-bond donors (Lipinski definition) is 1. The van der Waals surface area contributed by atoms with Crippen molar-refractivity contribution in [1.82, 2.24) is 4.90 Å². The molecule has 0 radical (unpaired) electrons. The van der Waals surface area contributed by atoms with Gasteiger partial charge in [-0.05, 0) is 73.9 Å². The summed E-state index contributed by atoms with van der Waals surface area (Å²) < 4.78 is 16.8. The first-order valence-electron chi connectivity index (χ1n) is 13.2. The average Bonchev–Trinajstić information content (AvgIpc) is 2.93. The normalized spacial score (nSPS) is 16.4. The lowest BCUT2D eigenvalue weighted by atomic mass is 9.84. The van der Waals surface area contributed by atoms with Crippen molar-refractivity contribution < 1.29 is 28.6 Å². The molecule has 38 heavy (non-hydrogen) atoms. The van der Waals surface area contributed by atoms with Crippen molar-refractivity contribution in [1.29, 1.82) is 0 Å². The molecule has 1 saturated heterocycles. The third kappa shape index (κ3) is 6.85. The van der Waals surface area contributed by atoms with E-state index < -0.39 is 35.2 Å². The molecule has 1 aliphatic heterocycles. The van der Waals surface area contributed by atoms with Gasteiger partial charge in [-0.1, -0.05) is 39.0 Å². The monoisotopic (exact) mass is 524 g/mol. The van der Waals surface area contributed by atoms with Crippen LogP contribution in [0.4, 0.5) is 5.69 Å². The second-order valence-corrected chi connectivity index (χ2v) is 10.4. The van der Waals surface area contributed by atoms with Crippen LogP contribution in [0.1, 0.15) is 70.1 Å². The lowest BCUT2D eigenvalue weighted by molar-refractivity contribution is -0.164. The molecular formula is C30H40N2O6. The van der Waals surface area contributed by atoms with Crippen LogP contribution < -0.4 is 15.2 Å². The number of anilines is 1. The molecule has 0 aromatic heterocycles. The number of ether oxygens (including phenoxy) is 3. The molecule has 1 amide bonds. The van der Waals surface area contributed by atoms with Gasteiger partial charge in [0.05, 0.1) is 14.2 Å². The molecule has 2 aromatic rings. The fraction of sp³-hybridized carbons (Fsp3) is 0.500. The number of nitrogen functional groups attached to an aromatic ring is 1. The molecule has 1 fully saturated rings. The molecule has 8 nitrogen and oxygen atoms in total. The minimum atomic E-state index is -0.794. The first-order valence-corrected chi connectivity index (χ1v) is 13.2. The van der Waals surface area contributed by atoms with Gasteiger partial charge in [-0.2, -0.15) is 0 Å². The Balaban J connectivity index is 1.81. The maximum atomic E-state index is 13.5. The first-order chi connectivity index (χ1) is 18.1. The number of carbonyl (C=O) groups excluding carboxylic acids is 3. The third-order valence-electron chi connectivity index (χ3n) is 7.41. The predicted molar refractivity (Wildman–Crippen MR) is 146 cm³/mol. The molecule has 2 N–H and O–H groups in total. The standard InChI is InChI=1S/C30H40N2O6/c1-6-30(2,3)27(33)28(34)32-17-8-7-12-23(32)29(35)38-24(21-10-9-11-22(31)19-21)15-13-20-14-16-25(36-4)26(18-20)37-5/h9-11,14,16,18-19,23-24H,6-8,12-13,15,17,31H2,1-5H3/t23-,24+/m0/s1. The maximum absolute atomic E-state index is 13.5. The molecule has 0 spiro atoms. The van der Waals surface area contributed by atoms with Crippen molar-refractivity contribution in [3.8, 4) is 11.5 Å². The molecule has 0 saturated carbocycles. The maximum Gasteiger partial charge on any atom is 0.329 e. The number of Topliss-reactive ketones (excluding diaryl/α,β-unsaturated/α-hetero) is 1. The summed E-state index contributed by atoms with van der Waals surface area (Å²) in [5.74, 6) is -0.318. The van der Waals surface area contributed by atoms with Gasteiger partial charge >= 0.3 is 5.97 Å². The Kier molecular flexibility index (Phi) is 9.78. The van der Waals surface area contributed by atoms with Gasteiger partial charge in [0.25, 0.3) is 5.91 Å². The Morgan fingerprint density at radius 1 is 1.05 bits per heavy atom. The van der Waals surface area contributed by atoms with Gasteiger partial charge in [0.2, 0.25) is 5.78 Å². The van der Waals surface area contributed by atoms with E-state index in [9.17, 15) is 14.4 Å². The summed E-state index contributed by atoms with van der Waals surface area (Å²) in [6.07, 6.45) is 3.03. The molecule has 8 heteroatoms. The molecule has 1 aliphatic rings. The topological polar surface area (TPSA) is 108 Å². The van der Waals surface area contributed by atoms with Gasteiger partial charge in [0, 0.05) is 17.6 Å². The molecule has 206 valence electrons. The fourth-order valence-electron chi connectivity index (χ4n) is 4.61. The number of esters is 1. The SMILES string of the molecule is CCC(C)(C)C(=O)C(=O)N1CCCC[C@H]1C(=O)O[C@H](CCc1ccc(OC)c(OC)c1)c1cccc(N)c1. The summed E-state index contributed by atoms with van der Waals surface area (Å²) in [4.78, 5) is 41.0. The Morgan fingerprint density at radius 3 is 2.45 bits per heavy atom. The Morgan fingerprint density at radius 2 is 1.79 bits per heavy atom. The number of hydrogen-bond acceptors (Lipinski definition) is 7. The van der Waals surface area contributed by atoms with Crippen LogP contribution >= 0.6 is 0 Å². The van der Waals surface area contributed by atoms with Crippen molar-refractivity contribution in [3.63, 3.8) is 0 Å². The van der Waals surface area contributed by atoms with Crippen molar-refractivity contribution in [3.05, 3.63) is 53.6 Å². The zero-order valence-corrected chi connectivity index (χ0v) is 23.1. The number of likely N-dealkylation sites (tertiary alicyclic amines) is 1. The number of methoxy groups -OCH3 is 2. The van der Waals surface area contributed by atoms with Crippen molar-refractivity contribution >= 4 is 23.3 Å². The Bertz CT molecular complexity index is 1150. The van der Waals surface area contributed by atoms with Gasteiger partial charge in [-0.25, -0.2) is 4.79 Å². The largest absolute Gasteiger partial charge is 0.493 e. The van der Waals surface area contributed by atoms with Crippen LogP contribution in [0.3, 0.4) is 0 Å². The van der Waals surface area contributed by atoms with E-state index in [4.69, 9.17) is 19.9 Å². The van der Waals surface area contributed by atoms with E-state index in [-0.39, 0.29) is 0 Å².